The molecule has 0 bridgehead atoms. The highest BCUT2D eigenvalue weighted by Crippen LogP contribution is 2.31. The van der Waals surface area contributed by atoms with Crippen molar-refractivity contribution in [3.8, 4) is 0 Å². The SMILES string of the molecule is O=C1NCCOCCN(C(=O)c2ccc3ccccc3n2)[C@H]2CCC[C@@H]12. The molecule has 2 aromatic rings. The van der Waals surface area contributed by atoms with Gasteiger partial charge < -0.3 is 15.0 Å². The molecule has 136 valence electrons. The van der Waals surface area contributed by atoms with E-state index in [1.807, 2.05) is 30.3 Å². The first-order chi connectivity index (χ1) is 12.7. The van der Waals surface area contributed by atoms with E-state index in [4.69, 9.17) is 4.74 Å². The Morgan fingerprint density at radius 2 is 2.04 bits per heavy atom. The molecular formula is C20H23N3O3. The standard InChI is InChI=1S/C20H23N3O3/c24-19-15-5-3-7-18(15)23(11-13-26-12-10-21-19)20(25)17-9-8-14-4-1-2-6-16(14)22-17/h1-2,4,6,8-9,15,18H,3,5,7,10-13H2,(H,21,24)/t15-,18+/m1/s1. The first-order valence-electron chi connectivity index (χ1n) is 9.26. The maximum Gasteiger partial charge on any atom is 0.272 e. The van der Waals surface area contributed by atoms with Crippen LogP contribution in [0.4, 0.5) is 0 Å². The fraction of sp³-hybridized carbons (Fsp3) is 0.450. The van der Waals surface area contributed by atoms with Crippen LogP contribution in [0.25, 0.3) is 10.9 Å². The van der Waals surface area contributed by atoms with Crippen molar-refractivity contribution in [1.29, 1.82) is 0 Å². The Morgan fingerprint density at radius 3 is 2.96 bits per heavy atom. The van der Waals surface area contributed by atoms with Gasteiger partial charge in [0.05, 0.1) is 24.6 Å². The number of ether oxygens (including phenoxy) is 1. The van der Waals surface area contributed by atoms with Crippen molar-refractivity contribution in [2.75, 3.05) is 26.3 Å². The Hall–Kier alpha value is -2.47. The number of hydrogen-bond acceptors (Lipinski definition) is 4. The number of carbonyl (C=O) groups excluding carboxylic acids is 2. The molecule has 1 aliphatic carbocycles. The number of para-hydroxylation sites is 1. The van der Waals surface area contributed by atoms with Gasteiger partial charge in [0.25, 0.3) is 5.91 Å². The van der Waals surface area contributed by atoms with Crippen LogP contribution in [0.3, 0.4) is 0 Å². The number of aromatic nitrogens is 1. The summed E-state index contributed by atoms with van der Waals surface area (Å²) in [5, 5.41) is 3.94. The van der Waals surface area contributed by atoms with Crippen molar-refractivity contribution < 1.29 is 14.3 Å². The molecule has 0 unspecified atom stereocenters. The van der Waals surface area contributed by atoms with Gasteiger partial charge in [0.15, 0.2) is 0 Å². The van der Waals surface area contributed by atoms with Gasteiger partial charge in [0.2, 0.25) is 5.91 Å². The fourth-order valence-corrected chi connectivity index (χ4v) is 4.01. The Labute approximate surface area is 152 Å². The molecule has 2 atom stereocenters. The molecule has 6 nitrogen and oxygen atoms in total. The molecule has 1 aliphatic heterocycles. The topological polar surface area (TPSA) is 71.5 Å². The van der Waals surface area contributed by atoms with Crippen LogP contribution in [0.2, 0.25) is 0 Å². The van der Waals surface area contributed by atoms with E-state index in [0.29, 0.717) is 32.0 Å². The lowest BCUT2D eigenvalue weighted by Gasteiger charge is -2.33. The molecule has 0 spiro atoms. The molecule has 2 aliphatic rings. The number of amides is 2. The van der Waals surface area contributed by atoms with Gasteiger partial charge in [-0.1, -0.05) is 30.7 Å². The van der Waals surface area contributed by atoms with E-state index < -0.39 is 0 Å². The minimum absolute atomic E-state index is 0.0299. The third-order valence-corrected chi connectivity index (χ3v) is 5.32. The summed E-state index contributed by atoms with van der Waals surface area (Å²) in [6.07, 6.45) is 2.63. The lowest BCUT2D eigenvalue weighted by molar-refractivity contribution is -0.127. The number of benzene rings is 1. The highest BCUT2D eigenvalue weighted by molar-refractivity contribution is 5.95. The molecule has 2 fully saturated rings. The average molecular weight is 353 g/mol. The summed E-state index contributed by atoms with van der Waals surface area (Å²) in [6.45, 7) is 1.96. The Kier molecular flexibility index (Phi) is 4.84. The molecular weight excluding hydrogens is 330 g/mol. The van der Waals surface area contributed by atoms with Crippen molar-refractivity contribution >= 4 is 22.7 Å². The number of carbonyl (C=O) groups is 2. The van der Waals surface area contributed by atoms with Crippen LogP contribution in [-0.4, -0.2) is 54.0 Å². The second-order valence-corrected chi connectivity index (χ2v) is 6.90. The predicted octanol–water partition coefficient (Wildman–Crippen LogP) is 1.99. The quantitative estimate of drug-likeness (QED) is 0.851. The molecule has 2 heterocycles. The van der Waals surface area contributed by atoms with Gasteiger partial charge in [0, 0.05) is 24.5 Å². The maximum atomic E-state index is 13.2. The molecule has 26 heavy (non-hydrogen) atoms. The van der Waals surface area contributed by atoms with Crippen molar-refractivity contribution in [3.63, 3.8) is 0 Å². The van der Waals surface area contributed by atoms with E-state index in [1.165, 1.54) is 0 Å². The van der Waals surface area contributed by atoms with E-state index in [0.717, 1.165) is 30.2 Å². The second-order valence-electron chi connectivity index (χ2n) is 6.90. The molecule has 4 rings (SSSR count). The molecule has 1 N–H and O–H groups in total. The van der Waals surface area contributed by atoms with Gasteiger partial charge >= 0.3 is 0 Å². The lowest BCUT2D eigenvalue weighted by Crippen LogP contribution is -2.49. The Bertz CT molecular complexity index is 823. The summed E-state index contributed by atoms with van der Waals surface area (Å²) in [7, 11) is 0. The zero-order valence-corrected chi connectivity index (χ0v) is 14.7. The summed E-state index contributed by atoms with van der Waals surface area (Å²) in [6, 6.07) is 11.4. The molecule has 1 aromatic heterocycles. The van der Waals surface area contributed by atoms with Crippen LogP contribution in [-0.2, 0) is 9.53 Å². The number of nitrogens with one attached hydrogen (secondary N) is 1. The summed E-state index contributed by atoms with van der Waals surface area (Å²) >= 11 is 0. The number of fused-ring (bicyclic) bond motifs is 2. The summed E-state index contributed by atoms with van der Waals surface area (Å²) < 4.78 is 5.56. The van der Waals surface area contributed by atoms with Crippen LogP contribution in [0, 0.1) is 5.92 Å². The van der Waals surface area contributed by atoms with Crippen LogP contribution < -0.4 is 5.32 Å². The number of hydrogen-bond donors (Lipinski definition) is 1. The lowest BCUT2D eigenvalue weighted by atomic mass is 10.00. The van der Waals surface area contributed by atoms with Crippen LogP contribution >= 0.6 is 0 Å². The van der Waals surface area contributed by atoms with E-state index in [9.17, 15) is 9.59 Å². The van der Waals surface area contributed by atoms with Gasteiger partial charge in [-0.05, 0) is 25.0 Å². The monoisotopic (exact) mass is 353 g/mol. The van der Waals surface area contributed by atoms with Crippen molar-refractivity contribution in [1.82, 2.24) is 15.2 Å². The molecule has 6 heteroatoms. The minimum atomic E-state index is -0.141. The van der Waals surface area contributed by atoms with Crippen molar-refractivity contribution in [3.05, 3.63) is 42.1 Å². The van der Waals surface area contributed by atoms with Crippen LogP contribution in [0.1, 0.15) is 29.8 Å². The summed E-state index contributed by atoms with van der Waals surface area (Å²) in [4.78, 5) is 32.1. The number of nitrogens with zero attached hydrogens (tertiary/aromatic N) is 2. The average Bonchev–Trinajstić information content (AvgIpc) is 3.16. The third kappa shape index (κ3) is 3.29. The molecule has 1 saturated carbocycles. The predicted molar refractivity (Wildman–Crippen MR) is 97.7 cm³/mol. The highest BCUT2D eigenvalue weighted by atomic mass is 16.5. The summed E-state index contributed by atoms with van der Waals surface area (Å²) in [5.74, 6) is -0.232. The van der Waals surface area contributed by atoms with E-state index in [-0.39, 0.29) is 23.8 Å². The van der Waals surface area contributed by atoms with E-state index in [1.54, 1.807) is 11.0 Å². The Morgan fingerprint density at radius 1 is 1.15 bits per heavy atom. The molecule has 0 radical (unpaired) electrons. The fourth-order valence-electron chi connectivity index (χ4n) is 4.01. The van der Waals surface area contributed by atoms with Crippen LogP contribution in [0.15, 0.2) is 36.4 Å². The first kappa shape index (κ1) is 17.0. The van der Waals surface area contributed by atoms with E-state index >= 15 is 0 Å². The Balaban J connectivity index is 1.64. The normalized spacial score (nSPS) is 24.2. The van der Waals surface area contributed by atoms with Gasteiger partial charge in [-0.3, -0.25) is 9.59 Å². The van der Waals surface area contributed by atoms with Gasteiger partial charge in [-0.2, -0.15) is 0 Å². The minimum Gasteiger partial charge on any atom is -0.378 e. The molecule has 1 saturated heterocycles. The largest absolute Gasteiger partial charge is 0.378 e. The summed E-state index contributed by atoms with van der Waals surface area (Å²) in [5.41, 5.74) is 1.23. The van der Waals surface area contributed by atoms with E-state index in [2.05, 4.69) is 10.3 Å². The van der Waals surface area contributed by atoms with Gasteiger partial charge in [0.1, 0.15) is 5.69 Å². The van der Waals surface area contributed by atoms with Crippen molar-refractivity contribution in [2.45, 2.75) is 25.3 Å². The highest BCUT2D eigenvalue weighted by Gasteiger charge is 2.39. The molecule has 2 amide bonds. The smallest absolute Gasteiger partial charge is 0.272 e. The van der Waals surface area contributed by atoms with Crippen LogP contribution in [0.5, 0.6) is 0 Å². The van der Waals surface area contributed by atoms with Gasteiger partial charge in [-0.25, -0.2) is 4.98 Å². The third-order valence-electron chi connectivity index (χ3n) is 5.32. The van der Waals surface area contributed by atoms with Gasteiger partial charge in [-0.15, -0.1) is 0 Å². The number of rotatable bonds is 1. The maximum absolute atomic E-state index is 13.2. The second kappa shape index (κ2) is 7.41. The molecule has 1 aromatic carbocycles. The zero-order valence-electron chi connectivity index (χ0n) is 14.7. The first-order valence-corrected chi connectivity index (χ1v) is 9.26. The van der Waals surface area contributed by atoms with Crippen molar-refractivity contribution in [2.24, 2.45) is 5.92 Å². The number of pyridine rings is 1. The zero-order chi connectivity index (χ0) is 17.9.